The molecule has 1 aromatic carbocycles. The van der Waals surface area contributed by atoms with Gasteiger partial charge in [0.05, 0.1) is 16.9 Å². The van der Waals surface area contributed by atoms with Crippen LogP contribution >= 0.6 is 0 Å². The van der Waals surface area contributed by atoms with Crippen molar-refractivity contribution in [3.8, 4) is 0 Å². The number of hydrogen-bond donors (Lipinski definition) is 1. The number of nitrogens with zero attached hydrogens (tertiary/aromatic N) is 3. The van der Waals surface area contributed by atoms with Gasteiger partial charge in [0.15, 0.2) is 0 Å². The summed E-state index contributed by atoms with van der Waals surface area (Å²) in [5, 5.41) is 14.5. The molecule has 1 aromatic heterocycles. The van der Waals surface area contributed by atoms with Gasteiger partial charge in [-0.2, -0.15) is 5.10 Å². The Balaban J connectivity index is 2.30. The molecule has 1 amide bonds. The van der Waals surface area contributed by atoms with Gasteiger partial charge in [-0.1, -0.05) is 37.3 Å². The van der Waals surface area contributed by atoms with Crippen molar-refractivity contribution in [1.82, 2.24) is 14.7 Å². The summed E-state index contributed by atoms with van der Waals surface area (Å²) in [5.74, 6) is -0.0964. The normalized spacial score (nSPS) is 11.5. The molecule has 0 saturated carbocycles. The van der Waals surface area contributed by atoms with Gasteiger partial charge >= 0.3 is 0 Å². The van der Waals surface area contributed by atoms with E-state index in [-0.39, 0.29) is 12.5 Å². The van der Waals surface area contributed by atoms with E-state index in [1.54, 1.807) is 29.6 Å². The first kappa shape index (κ1) is 17.2. The molecule has 5 heteroatoms. The fraction of sp³-hybridized carbons (Fsp3) is 0.444. The second-order valence-electron chi connectivity index (χ2n) is 6.48. The van der Waals surface area contributed by atoms with Crippen LogP contribution in [-0.4, -0.2) is 37.8 Å². The second-order valence-corrected chi connectivity index (χ2v) is 6.48. The van der Waals surface area contributed by atoms with Crippen molar-refractivity contribution in [3.63, 3.8) is 0 Å². The topological polar surface area (TPSA) is 58.4 Å². The van der Waals surface area contributed by atoms with Crippen molar-refractivity contribution in [2.24, 2.45) is 7.05 Å². The maximum atomic E-state index is 13.0. The van der Waals surface area contributed by atoms with Gasteiger partial charge in [0.1, 0.15) is 0 Å². The van der Waals surface area contributed by atoms with E-state index in [0.717, 1.165) is 11.3 Å². The highest BCUT2D eigenvalue weighted by Gasteiger charge is 2.26. The van der Waals surface area contributed by atoms with Gasteiger partial charge in [-0.25, -0.2) is 0 Å². The van der Waals surface area contributed by atoms with Crippen molar-refractivity contribution in [1.29, 1.82) is 0 Å². The molecule has 124 valence electrons. The molecule has 0 aliphatic rings. The molecule has 1 N–H and O–H groups in total. The van der Waals surface area contributed by atoms with Gasteiger partial charge in [-0.3, -0.25) is 9.48 Å². The molecule has 0 atom stereocenters. The predicted molar refractivity (Wildman–Crippen MR) is 90.1 cm³/mol. The highest BCUT2D eigenvalue weighted by Crippen LogP contribution is 2.16. The third kappa shape index (κ3) is 4.66. The molecule has 0 radical (unpaired) electrons. The van der Waals surface area contributed by atoms with E-state index in [1.165, 1.54) is 0 Å². The molecule has 23 heavy (non-hydrogen) atoms. The van der Waals surface area contributed by atoms with E-state index in [0.29, 0.717) is 18.5 Å². The summed E-state index contributed by atoms with van der Waals surface area (Å²) in [4.78, 5) is 14.7. The minimum Gasteiger partial charge on any atom is -0.389 e. The highest BCUT2D eigenvalue weighted by atomic mass is 16.3. The second kappa shape index (κ2) is 6.96. The number of carbonyl (C=O) groups excluding carboxylic acids is 1. The van der Waals surface area contributed by atoms with E-state index < -0.39 is 5.60 Å². The zero-order valence-electron chi connectivity index (χ0n) is 14.3. The van der Waals surface area contributed by atoms with Gasteiger partial charge in [0, 0.05) is 26.3 Å². The highest BCUT2D eigenvalue weighted by molar-refractivity contribution is 5.95. The summed E-state index contributed by atoms with van der Waals surface area (Å²) in [5.41, 5.74) is 1.47. The minimum absolute atomic E-state index is 0.0964. The molecule has 0 unspecified atom stereocenters. The lowest BCUT2D eigenvalue weighted by Crippen LogP contribution is -2.42. The van der Waals surface area contributed by atoms with Crippen molar-refractivity contribution < 1.29 is 9.90 Å². The molecule has 0 spiro atoms. The molecule has 0 saturated heterocycles. The van der Waals surface area contributed by atoms with Crippen molar-refractivity contribution in [3.05, 3.63) is 53.3 Å². The summed E-state index contributed by atoms with van der Waals surface area (Å²) >= 11 is 0. The smallest absolute Gasteiger partial charge is 0.257 e. The third-order valence-electron chi connectivity index (χ3n) is 3.55. The maximum Gasteiger partial charge on any atom is 0.257 e. The number of hydrogen-bond acceptors (Lipinski definition) is 3. The summed E-state index contributed by atoms with van der Waals surface area (Å²) in [7, 11) is 1.81. The van der Waals surface area contributed by atoms with Crippen LogP contribution in [0.4, 0.5) is 0 Å². The Morgan fingerprint density at radius 1 is 1.30 bits per heavy atom. The Kier molecular flexibility index (Phi) is 5.21. The number of benzene rings is 1. The summed E-state index contributed by atoms with van der Waals surface area (Å²) in [6.45, 7) is 6.13. The summed E-state index contributed by atoms with van der Waals surface area (Å²) in [6.07, 6.45) is 2.45. The molecule has 2 rings (SSSR count). The first-order valence-corrected chi connectivity index (χ1v) is 7.88. The Morgan fingerprint density at radius 2 is 1.96 bits per heavy atom. The zero-order valence-corrected chi connectivity index (χ0v) is 14.3. The van der Waals surface area contributed by atoms with Crippen LogP contribution in [0.25, 0.3) is 0 Å². The molecular weight excluding hydrogens is 290 g/mol. The Bertz CT molecular complexity index is 657. The quantitative estimate of drug-likeness (QED) is 0.890. The van der Waals surface area contributed by atoms with Gasteiger partial charge in [0.2, 0.25) is 0 Å². The average Bonchev–Trinajstić information content (AvgIpc) is 2.86. The monoisotopic (exact) mass is 315 g/mol. The largest absolute Gasteiger partial charge is 0.389 e. The molecule has 5 nitrogen and oxygen atoms in total. The number of amides is 1. The predicted octanol–water partition coefficient (Wildman–Crippen LogP) is 2.40. The van der Waals surface area contributed by atoms with Crippen molar-refractivity contribution >= 4 is 5.91 Å². The van der Waals surface area contributed by atoms with E-state index in [9.17, 15) is 9.90 Å². The van der Waals surface area contributed by atoms with Crippen LogP contribution in [0.3, 0.4) is 0 Å². The van der Waals surface area contributed by atoms with Gasteiger partial charge in [0.25, 0.3) is 5.91 Å². The maximum absolute atomic E-state index is 13.0. The fourth-order valence-electron chi connectivity index (χ4n) is 2.62. The average molecular weight is 315 g/mol. The van der Waals surface area contributed by atoms with Crippen LogP contribution in [0.15, 0.2) is 36.5 Å². The minimum atomic E-state index is -0.959. The molecule has 2 aromatic rings. The van der Waals surface area contributed by atoms with Gasteiger partial charge in [-0.15, -0.1) is 0 Å². The third-order valence-corrected chi connectivity index (χ3v) is 3.55. The van der Waals surface area contributed by atoms with Crippen molar-refractivity contribution in [2.75, 3.05) is 6.54 Å². The Morgan fingerprint density at radius 3 is 2.52 bits per heavy atom. The lowest BCUT2D eigenvalue weighted by molar-refractivity contribution is 0.0279. The number of aliphatic hydroxyl groups is 1. The first-order valence-electron chi connectivity index (χ1n) is 7.88. The standard InChI is InChI=1S/C18H25N3O2/c1-5-16-15(12-20(4)19-16)17(22)21(13-18(2,3)23)11-14-9-7-6-8-10-14/h6-10,12,23H,5,11,13H2,1-4H3. The lowest BCUT2D eigenvalue weighted by atomic mass is 10.1. The van der Waals surface area contributed by atoms with Crippen LogP contribution in [0.2, 0.25) is 0 Å². The van der Waals surface area contributed by atoms with Crippen LogP contribution < -0.4 is 0 Å². The van der Waals surface area contributed by atoms with E-state index in [1.807, 2.05) is 44.3 Å². The summed E-state index contributed by atoms with van der Waals surface area (Å²) in [6, 6.07) is 9.80. The first-order chi connectivity index (χ1) is 10.8. The van der Waals surface area contributed by atoms with E-state index in [4.69, 9.17) is 0 Å². The van der Waals surface area contributed by atoms with Crippen molar-refractivity contribution in [2.45, 2.75) is 39.3 Å². The van der Waals surface area contributed by atoms with Gasteiger partial charge in [-0.05, 0) is 25.8 Å². The number of aryl methyl sites for hydroxylation is 2. The van der Waals surface area contributed by atoms with Crippen LogP contribution in [0.1, 0.15) is 42.4 Å². The molecular formula is C18H25N3O2. The fourth-order valence-corrected chi connectivity index (χ4v) is 2.62. The molecule has 0 fully saturated rings. The molecule has 0 aliphatic heterocycles. The lowest BCUT2D eigenvalue weighted by Gasteiger charge is -2.29. The number of carbonyl (C=O) groups is 1. The van der Waals surface area contributed by atoms with Gasteiger partial charge < -0.3 is 10.0 Å². The SMILES string of the molecule is CCc1nn(C)cc1C(=O)N(Cc1ccccc1)CC(C)(C)O. The Hall–Kier alpha value is -2.14. The molecule has 0 bridgehead atoms. The van der Waals surface area contributed by atoms with E-state index in [2.05, 4.69) is 5.10 Å². The zero-order chi connectivity index (χ0) is 17.0. The van der Waals surface area contributed by atoms with Crippen LogP contribution in [-0.2, 0) is 20.0 Å². The number of aromatic nitrogens is 2. The summed E-state index contributed by atoms with van der Waals surface area (Å²) < 4.78 is 1.66. The van der Waals surface area contributed by atoms with Crippen LogP contribution in [0.5, 0.6) is 0 Å². The molecule has 0 aliphatic carbocycles. The Labute approximate surface area is 137 Å². The van der Waals surface area contributed by atoms with Crippen LogP contribution in [0, 0.1) is 0 Å². The van der Waals surface area contributed by atoms with E-state index >= 15 is 0 Å². The number of rotatable bonds is 6. The molecule has 1 heterocycles.